The monoisotopic (exact) mass is 371 g/mol. The van der Waals surface area contributed by atoms with Crippen molar-refractivity contribution < 1.29 is 24.2 Å². The SMILES string of the molecule is COc1cc(N2CCOc3cc(C(=O)N4CCCC4)[nH]c32)ccc1C(=O)O. The van der Waals surface area contributed by atoms with Crippen LogP contribution in [0.25, 0.3) is 0 Å². The fraction of sp³-hybridized carbons (Fsp3) is 0.368. The van der Waals surface area contributed by atoms with Gasteiger partial charge < -0.3 is 29.4 Å². The second kappa shape index (κ2) is 6.86. The Balaban J connectivity index is 1.67. The first-order chi connectivity index (χ1) is 13.1. The van der Waals surface area contributed by atoms with Crippen LogP contribution in [0.1, 0.15) is 33.7 Å². The summed E-state index contributed by atoms with van der Waals surface area (Å²) in [5, 5.41) is 9.26. The lowest BCUT2D eigenvalue weighted by atomic mass is 10.1. The minimum absolute atomic E-state index is 0.0238. The molecule has 0 atom stereocenters. The fourth-order valence-corrected chi connectivity index (χ4v) is 3.58. The third-order valence-corrected chi connectivity index (χ3v) is 4.96. The van der Waals surface area contributed by atoms with Gasteiger partial charge >= 0.3 is 5.97 Å². The number of aromatic amines is 1. The molecule has 1 aromatic heterocycles. The predicted molar refractivity (Wildman–Crippen MR) is 98.4 cm³/mol. The molecule has 2 aliphatic rings. The van der Waals surface area contributed by atoms with Crippen LogP contribution in [0.3, 0.4) is 0 Å². The van der Waals surface area contributed by atoms with Crippen LogP contribution in [0, 0.1) is 0 Å². The number of carbonyl (C=O) groups is 2. The van der Waals surface area contributed by atoms with Crippen molar-refractivity contribution in [2.75, 3.05) is 38.3 Å². The lowest BCUT2D eigenvalue weighted by Gasteiger charge is -2.29. The number of hydrogen-bond acceptors (Lipinski definition) is 5. The summed E-state index contributed by atoms with van der Waals surface area (Å²) in [7, 11) is 1.44. The quantitative estimate of drug-likeness (QED) is 0.857. The van der Waals surface area contributed by atoms with Crippen molar-refractivity contribution in [3.05, 3.63) is 35.5 Å². The third-order valence-electron chi connectivity index (χ3n) is 4.96. The number of nitrogens with zero attached hydrogens (tertiary/aromatic N) is 2. The van der Waals surface area contributed by atoms with E-state index in [0.29, 0.717) is 30.4 Å². The molecule has 1 fully saturated rings. The Bertz CT molecular complexity index is 885. The maximum absolute atomic E-state index is 12.7. The molecule has 142 valence electrons. The van der Waals surface area contributed by atoms with Crippen LogP contribution < -0.4 is 14.4 Å². The van der Waals surface area contributed by atoms with Crippen molar-refractivity contribution in [1.29, 1.82) is 0 Å². The first-order valence-electron chi connectivity index (χ1n) is 8.92. The number of fused-ring (bicyclic) bond motifs is 1. The summed E-state index contributed by atoms with van der Waals surface area (Å²) in [4.78, 5) is 31.0. The average Bonchev–Trinajstić information content (AvgIpc) is 3.36. The summed E-state index contributed by atoms with van der Waals surface area (Å²) >= 11 is 0. The average molecular weight is 371 g/mol. The van der Waals surface area contributed by atoms with E-state index in [0.717, 1.165) is 31.6 Å². The van der Waals surface area contributed by atoms with E-state index in [2.05, 4.69) is 4.98 Å². The van der Waals surface area contributed by atoms with E-state index in [1.807, 2.05) is 9.80 Å². The van der Waals surface area contributed by atoms with Crippen molar-refractivity contribution in [3.63, 3.8) is 0 Å². The van der Waals surface area contributed by atoms with Gasteiger partial charge in [0.25, 0.3) is 5.91 Å². The third kappa shape index (κ3) is 3.07. The maximum Gasteiger partial charge on any atom is 0.339 e. The molecule has 0 unspecified atom stereocenters. The second-order valence-corrected chi connectivity index (χ2v) is 6.59. The molecule has 0 radical (unpaired) electrons. The van der Waals surface area contributed by atoms with Crippen molar-refractivity contribution in [2.24, 2.45) is 0 Å². The molecule has 2 N–H and O–H groups in total. The maximum atomic E-state index is 12.7. The van der Waals surface area contributed by atoms with Gasteiger partial charge in [-0.3, -0.25) is 4.79 Å². The van der Waals surface area contributed by atoms with Gasteiger partial charge in [-0.15, -0.1) is 0 Å². The van der Waals surface area contributed by atoms with Gasteiger partial charge in [0.1, 0.15) is 23.6 Å². The smallest absolute Gasteiger partial charge is 0.339 e. The number of carboxylic acids is 1. The van der Waals surface area contributed by atoms with Crippen LogP contribution in [0.4, 0.5) is 11.5 Å². The van der Waals surface area contributed by atoms with Gasteiger partial charge in [0.2, 0.25) is 0 Å². The van der Waals surface area contributed by atoms with E-state index >= 15 is 0 Å². The number of carboxylic acid groups (broad SMARTS) is 1. The largest absolute Gasteiger partial charge is 0.496 e. The number of H-pyrrole nitrogens is 1. The number of methoxy groups -OCH3 is 1. The number of aromatic nitrogens is 1. The standard InChI is InChI=1S/C19H21N3O5/c1-26-15-10-12(4-5-13(15)19(24)25)22-8-9-27-16-11-14(20-17(16)22)18(23)21-6-2-3-7-21/h4-5,10-11,20H,2-3,6-9H2,1H3,(H,24,25). The van der Waals surface area contributed by atoms with Gasteiger partial charge in [0.15, 0.2) is 11.6 Å². The molecule has 8 heteroatoms. The highest BCUT2D eigenvalue weighted by atomic mass is 16.5. The Hall–Kier alpha value is -3.16. The Kier molecular flexibility index (Phi) is 4.39. The normalized spacial score (nSPS) is 16.0. The molecule has 2 aliphatic heterocycles. The number of carbonyl (C=O) groups excluding carboxylic acids is 1. The van der Waals surface area contributed by atoms with E-state index < -0.39 is 5.97 Å². The van der Waals surface area contributed by atoms with Gasteiger partial charge in [-0.1, -0.05) is 0 Å². The minimum atomic E-state index is -1.04. The Labute approximate surface area is 156 Å². The van der Waals surface area contributed by atoms with Crippen LogP contribution in [0.2, 0.25) is 0 Å². The van der Waals surface area contributed by atoms with Crippen molar-refractivity contribution in [3.8, 4) is 11.5 Å². The molecule has 0 aliphatic carbocycles. The lowest BCUT2D eigenvalue weighted by Crippen LogP contribution is -2.29. The Morgan fingerprint density at radius 1 is 1.19 bits per heavy atom. The zero-order valence-electron chi connectivity index (χ0n) is 15.0. The first-order valence-corrected chi connectivity index (χ1v) is 8.92. The molecule has 1 saturated heterocycles. The molecule has 0 bridgehead atoms. The summed E-state index contributed by atoms with van der Waals surface area (Å²) < 4.78 is 10.9. The molecule has 2 aromatic rings. The highest BCUT2D eigenvalue weighted by Gasteiger charge is 2.28. The Morgan fingerprint density at radius 2 is 1.96 bits per heavy atom. The highest BCUT2D eigenvalue weighted by Crippen LogP contribution is 2.38. The van der Waals surface area contributed by atoms with Crippen LogP contribution in [0.5, 0.6) is 11.5 Å². The van der Waals surface area contributed by atoms with Crippen LogP contribution >= 0.6 is 0 Å². The zero-order chi connectivity index (χ0) is 19.0. The van der Waals surface area contributed by atoms with Crippen molar-refractivity contribution >= 4 is 23.4 Å². The summed E-state index contributed by atoms with van der Waals surface area (Å²) in [6.07, 6.45) is 2.06. The summed E-state index contributed by atoms with van der Waals surface area (Å²) in [6, 6.07) is 6.67. The molecule has 1 amide bonds. The van der Waals surface area contributed by atoms with Crippen molar-refractivity contribution in [1.82, 2.24) is 9.88 Å². The number of anilines is 2. The van der Waals surface area contributed by atoms with Gasteiger partial charge in [-0.25, -0.2) is 4.79 Å². The second-order valence-electron chi connectivity index (χ2n) is 6.59. The number of hydrogen-bond donors (Lipinski definition) is 2. The summed E-state index contributed by atoms with van der Waals surface area (Å²) in [6.45, 7) is 2.59. The molecule has 27 heavy (non-hydrogen) atoms. The van der Waals surface area contributed by atoms with Gasteiger partial charge in [0.05, 0.1) is 13.7 Å². The number of nitrogens with one attached hydrogen (secondary N) is 1. The van der Waals surface area contributed by atoms with Crippen LogP contribution in [-0.2, 0) is 0 Å². The molecule has 0 spiro atoms. The topological polar surface area (TPSA) is 95.1 Å². The fourth-order valence-electron chi connectivity index (χ4n) is 3.58. The number of ether oxygens (including phenoxy) is 2. The van der Waals surface area contributed by atoms with Crippen molar-refractivity contribution in [2.45, 2.75) is 12.8 Å². The number of likely N-dealkylation sites (tertiary alicyclic amines) is 1. The van der Waals surface area contributed by atoms with E-state index in [4.69, 9.17) is 9.47 Å². The highest BCUT2D eigenvalue weighted by molar-refractivity contribution is 5.95. The van der Waals surface area contributed by atoms with Crippen LogP contribution in [-0.4, -0.2) is 60.2 Å². The molecule has 3 heterocycles. The van der Waals surface area contributed by atoms with E-state index in [1.165, 1.54) is 13.2 Å². The zero-order valence-corrected chi connectivity index (χ0v) is 15.0. The number of rotatable bonds is 4. The van der Waals surface area contributed by atoms with E-state index in [1.54, 1.807) is 18.2 Å². The van der Waals surface area contributed by atoms with Gasteiger partial charge in [-0.05, 0) is 25.0 Å². The number of amides is 1. The predicted octanol–water partition coefficient (Wildman–Crippen LogP) is 2.49. The van der Waals surface area contributed by atoms with Gasteiger partial charge in [-0.2, -0.15) is 0 Å². The first kappa shape index (κ1) is 17.3. The molecular formula is C19H21N3O5. The van der Waals surface area contributed by atoms with E-state index in [9.17, 15) is 14.7 Å². The van der Waals surface area contributed by atoms with Gasteiger partial charge in [0, 0.05) is 30.9 Å². The molecule has 1 aromatic carbocycles. The lowest BCUT2D eigenvalue weighted by molar-refractivity contribution is 0.0692. The summed E-state index contributed by atoms with van der Waals surface area (Å²) in [5.74, 6) is 0.524. The molecular weight excluding hydrogens is 350 g/mol. The number of aromatic carboxylic acids is 1. The molecule has 4 rings (SSSR count). The van der Waals surface area contributed by atoms with Crippen LogP contribution in [0.15, 0.2) is 24.3 Å². The van der Waals surface area contributed by atoms with E-state index in [-0.39, 0.29) is 17.2 Å². The minimum Gasteiger partial charge on any atom is -0.496 e. The number of benzene rings is 1. The Morgan fingerprint density at radius 3 is 2.67 bits per heavy atom. The molecule has 0 saturated carbocycles. The molecule has 8 nitrogen and oxygen atoms in total. The summed E-state index contributed by atoms with van der Waals surface area (Å²) in [5.41, 5.74) is 1.37.